The molecule has 0 radical (unpaired) electrons. The maximum atomic E-state index is 5.73. The zero-order valence-electron chi connectivity index (χ0n) is 8.54. The van der Waals surface area contributed by atoms with Gasteiger partial charge in [0, 0.05) is 11.8 Å². The lowest BCUT2D eigenvalue weighted by Gasteiger charge is -2.21. The highest BCUT2D eigenvalue weighted by molar-refractivity contribution is 7.99. The summed E-state index contributed by atoms with van der Waals surface area (Å²) >= 11 is 2.07. The number of hydrogen-bond acceptors (Lipinski definition) is 2. The van der Waals surface area contributed by atoms with Crippen molar-refractivity contribution in [1.82, 2.24) is 0 Å². The second kappa shape index (κ2) is 4.22. The fourth-order valence-corrected chi connectivity index (χ4v) is 4.20. The first-order valence-corrected chi connectivity index (χ1v) is 6.74. The van der Waals surface area contributed by atoms with Crippen LogP contribution in [0.3, 0.4) is 0 Å². The van der Waals surface area contributed by atoms with Crippen molar-refractivity contribution in [2.75, 3.05) is 11.5 Å². The molecule has 2 saturated carbocycles. The van der Waals surface area contributed by atoms with E-state index < -0.39 is 0 Å². The smallest absolute Gasteiger partial charge is 0.0101 e. The van der Waals surface area contributed by atoms with E-state index in [2.05, 4.69) is 18.7 Å². The van der Waals surface area contributed by atoms with Crippen LogP contribution >= 0.6 is 11.8 Å². The second-order valence-electron chi connectivity index (χ2n) is 4.95. The molecule has 2 aliphatic rings. The Morgan fingerprint density at radius 1 is 1.38 bits per heavy atom. The van der Waals surface area contributed by atoms with E-state index in [9.17, 15) is 0 Å². The van der Waals surface area contributed by atoms with Crippen molar-refractivity contribution in [1.29, 1.82) is 0 Å². The number of nitrogens with two attached hydrogens (primary N) is 1. The topological polar surface area (TPSA) is 26.0 Å². The van der Waals surface area contributed by atoms with E-state index >= 15 is 0 Å². The highest BCUT2D eigenvalue weighted by atomic mass is 32.2. The number of hydrogen-bond donors (Lipinski definition) is 1. The summed E-state index contributed by atoms with van der Waals surface area (Å²) < 4.78 is 0. The molecule has 0 aromatic rings. The van der Waals surface area contributed by atoms with Gasteiger partial charge in [0.2, 0.25) is 0 Å². The first-order valence-electron chi connectivity index (χ1n) is 5.59. The van der Waals surface area contributed by atoms with Crippen LogP contribution < -0.4 is 5.73 Å². The van der Waals surface area contributed by atoms with Crippen LogP contribution in [-0.4, -0.2) is 17.5 Å². The summed E-state index contributed by atoms with van der Waals surface area (Å²) in [5.41, 5.74) is 5.73. The van der Waals surface area contributed by atoms with Gasteiger partial charge in [-0.05, 0) is 49.7 Å². The third-order valence-electron chi connectivity index (χ3n) is 3.60. The average molecular weight is 199 g/mol. The third-order valence-corrected chi connectivity index (χ3v) is 5.02. The van der Waals surface area contributed by atoms with E-state index in [0.29, 0.717) is 6.04 Å². The van der Waals surface area contributed by atoms with Gasteiger partial charge in [0.25, 0.3) is 0 Å². The first kappa shape index (κ1) is 9.85. The van der Waals surface area contributed by atoms with Gasteiger partial charge < -0.3 is 5.73 Å². The quantitative estimate of drug-likeness (QED) is 0.753. The van der Waals surface area contributed by atoms with E-state index in [1.165, 1.54) is 25.0 Å². The molecule has 0 spiro atoms. The number of fused-ring (bicyclic) bond motifs is 2. The van der Waals surface area contributed by atoms with Crippen LogP contribution in [0.25, 0.3) is 0 Å². The molecule has 0 aromatic carbocycles. The molecule has 0 aromatic heterocycles. The lowest BCUT2D eigenvalue weighted by Crippen LogP contribution is -2.20. The van der Waals surface area contributed by atoms with Crippen LogP contribution in [-0.2, 0) is 0 Å². The van der Waals surface area contributed by atoms with Gasteiger partial charge in [-0.15, -0.1) is 0 Å². The maximum Gasteiger partial charge on any atom is 0.0101 e. The zero-order valence-corrected chi connectivity index (χ0v) is 9.35. The molecule has 2 rings (SSSR count). The lowest BCUT2D eigenvalue weighted by molar-refractivity contribution is 0.365. The van der Waals surface area contributed by atoms with Crippen molar-refractivity contribution < 1.29 is 0 Å². The molecule has 76 valence electrons. The monoisotopic (exact) mass is 199 g/mol. The summed E-state index contributed by atoms with van der Waals surface area (Å²) in [7, 11) is 0. The van der Waals surface area contributed by atoms with Crippen molar-refractivity contribution in [3.8, 4) is 0 Å². The molecular weight excluding hydrogens is 178 g/mol. The molecule has 0 heterocycles. The van der Waals surface area contributed by atoms with Gasteiger partial charge in [-0.2, -0.15) is 11.8 Å². The van der Waals surface area contributed by atoms with Crippen LogP contribution in [0, 0.1) is 17.8 Å². The van der Waals surface area contributed by atoms with Crippen LogP contribution in [0.15, 0.2) is 0 Å². The molecule has 2 bridgehead atoms. The number of rotatable bonds is 4. The molecule has 4 unspecified atom stereocenters. The van der Waals surface area contributed by atoms with E-state index in [1.807, 2.05) is 0 Å². The minimum atomic E-state index is 0.378. The van der Waals surface area contributed by atoms with Crippen LogP contribution in [0.4, 0.5) is 0 Å². The van der Waals surface area contributed by atoms with Crippen LogP contribution in [0.5, 0.6) is 0 Å². The van der Waals surface area contributed by atoms with Gasteiger partial charge in [-0.3, -0.25) is 0 Å². The fraction of sp³-hybridized carbons (Fsp3) is 1.00. The average Bonchev–Trinajstić information content (AvgIpc) is 2.64. The molecule has 2 fully saturated rings. The summed E-state index contributed by atoms with van der Waals surface area (Å²) in [5.74, 6) is 5.76. The van der Waals surface area contributed by atoms with Crippen molar-refractivity contribution in [3.63, 3.8) is 0 Å². The first-order chi connectivity index (χ1) is 6.25. The zero-order chi connectivity index (χ0) is 9.26. The minimum absolute atomic E-state index is 0.378. The molecule has 2 aliphatic carbocycles. The summed E-state index contributed by atoms with van der Waals surface area (Å²) in [6.45, 7) is 2.10. The van der Waals surface area contributed by atoms with Crippen LogP contribution in [0.2, 0.25) is 0 Å². The van der Waals surface area contributed by atoms with Crippen molar-refractivity contribution >= 4 is 11.8 Å². The maximum absolute atomic E-state index is 5.73. The van der Waals surface area contributed by atoms with Gasteiger partial charge in [0.15, 0.2) is 0 Å². The molecule has 2 heteroatoms. The Morgan fingerprint density at radius 3 is 2.77 bits per heavy atom. The largest absolute Gasteiger partial charge is 0.327 e. The molecule has 0 amide bonds. The Morgan fingerprint density at radius 2 is 2.23 bits per heavy atom. The molecule has 2 N–H and O–H groups in total. The molecule has 1 nitrogen and oxygen atoms in total. The van der Waals surface area contributed by atoms with Gasteiger partial charge >= 0.3 is 0 Å². The molecular formula is C11H21NS. The summed E-state index contributed by atoms with van der Waals surface area (Å²) in [6, 6.07) is 0.378. The Bertz CT molecular complexity index is 169. The third kappa shape index (κ3) is 2.41. The number of thioether (sulfide) groups is 1. The highest BCUT2D eigenvalue weighted by Crippen LogP contribution is 2.49. The Labute approximate surface area is 85.8 Å². The van der Waals surface area contributed by atoms with Gasteiger partial charge in [-0.1, -0.05) is 6.42 Å². The van der Waals surface area contributed by atoms with Crippen molar-refractivity contribution in [2.24, 2.45) is 23.5 Å². The van der Waals surface area contributed by atoms with Crippen molar-refractivity contribution in [3.05, 3.63) is 0 Å². The highest BCUT2D eigenvalue weighted by Gasteiger charge is 2.38. The van der Waals surface area contributed by atoms with Gasteiger partial charge in [0.05, 0.1) is 0 Å². The predicted octanol–water partition coefficient (Wildman–Crippen LogP) is 2.50. The van der Waals surface area contributed by atoms with E-state index in [1.54, 1.807) is 6.42 Å². The van der Waals surface area contributed by atoms with E-state index in [4.69, 9.17) is 5.73 Å². The van der Waals surface area contributed by atoms with E-state index in [-0.39, 0.29) is 0 Å². The Kier molecular flexibility index (Phi) is 3.20. The summed E-state index contributed by atoms with van der Waals surface area (Å²) in [6.07, 6.45) is 6.12. The molecule has 0 aliphatic heterocycles. The van der Waals surface area contributed by atoms with Crippen molar-refractivity contribution in [2.45, 2.75) is 38.6 Å². The summed E-state index contributed by atoms with van der Waals surface area (Å²) in [5, 5.41) is 0. The standard InChI is InChI=1S/C11H21NS/c1-8(12)6-13-7-11-5-9-2-3-10(11)4-9/h8-11H,2-7,12H2,1H3. The Balaban J connectivity index is 1.66. The lowest BCUT2D eigenvalue weighted by atomic mass is 9.90. The SMILES string of the molecule is CC(N)CSCC1CC2CCC1C2. The fourth-order valence-electron chi connectivity index (χ4n) is 2.99. The predicted molar refractivity (Wildman–Crippen MR) is 59.9 cm³/mol. The van der Waals surface area contributed by atoms with Crippen LogP contribution in [0.1, 0.15) is 32.6 Å². The molecule has 13 heavy (non-hydrogen) atoms. The van der Waals surface area contributed by atoms with Gasteiger partial charge in [0.1, 0.15) is 0 Å². The minimum Gasteiger partial charge on any atom is -0.327 e. The normalized spacial score (nSPS) is 39.7. The molecule has 4 atom stereocenters. The Hall–Kier alpha value is 0.310. The van der Waals surface area contributed by atoms with Gasteiger partial charge in [-0.25, -0.2) is 0 Å². The second-order valence-corrected chi connectivity index (χ2v) is 6.02. The molecule has 0 saturated heterocycles. The van der Waals surface area contributed by atoms with E-state index in [0.717, 1.165) is 23.5 Å². The summed E-state index contributed by atoms with van der Waals surface area (Å²) in [4.78, 5) is 0.